The maximum atomic E-state index is 13.4. The molecule has 1 heterocycles. The van der Waals surface area contributed by atoms with Crippen molar-refractivity contribution in [2.24, 2.45) is 5.73 Å². The van der Waals surface area contributed by atoms with E-state index in [9.17, 15) is 4.39 Å². The van der Waals surface area contributed by atoms with Crippen molar-refractivity contribution in [2.45, 2.75) is 25.0 Å². The van der Waals surface area contributed by atoms with E-state index < -0.39 is 0 Å². The zero-order valence-corrected chi connectivity index (χ0v) is 7.95. The molecule has 2 N–H and O–H groups in total. The molecule has 14 heavy (non-hydrogen) atoms. The summed E-state index contributed by atoms with van der Waals surface area (Å²) in [7, 11) is 0. The topological polar surface area (TPSA) is 35.2 Å². The van der Waals surface area contributed by atoms with Crippen LogP contribution in [-0.2, 0) is 4.74 Å². The molecule has 0 bridgehead atoms. The predicted octanol–water partition coefficient (Wildman–Crippen LogP) is 2.00. The van der Waals surface area contributed by atoms with Crippen molar-refractivity contribution < 1.29 is 9.13 Å². The summed E-state index contributed by atoms with van der Waals surface area (Å²) in [6.45, 7) is 0.625. The average Bonchev–Trinajstić information content (AvgIpc) is 2.18. The molecule has 3 heteroatoms. The van der Waals surface area contributed by atoms with E-state index in [1.165, 1.54) is 6.07 Å². The first-order chi connectivity index (χ1) is 6.77. The van der Waals surface area contributed by atoms with Gasteiger partial charge in [-0.05, 0) is 18.9 Å². The van der Waals surface area contributed by atoms with Crippen molar-refractivity contribution >= 4 is 0 Å². The zero-order valence-electron chi connectivity index (χ0n) is 7.95. The van der Waals surface area contributed by atoms with Crippen LogP contribution < -0.4 is 5.73 Å². The molecule has 1 saturated heterocycles. The van der Waals surface area contributed by atoms with Crippen LogP contribution in [0.3, 0.4) is 0 Å². The molecule has 1 aromatic carbocycles. The van der Waals surface area contributed by atoms with Crippen LogP contribution in [0.5, 0.6) is 0 Å². The molecule has 1 aliphatic heterocycles. The zero-order chi connectivity index (χ0) is 9.97. The second-order valence-corrected chi connectivity index (χ2v) is 3.67. The first-order valence-corrected chi connectivity index (χ1v) is 4.89. The molecule has 0 aliphatic carbocycles. The molecule has 0 amide bonds. The van der Waals surface area contributed by atoms with Gasteiger partial charge in [0.15, 0.2) is 0 Å². The molecule has 0 saturated carbocycles. The van der Waals surface area contributed by atoms with Gasteiger partial charge in [-0.3, -0.25) is 0 Å². The van der Waals surface area contributed by atoms with Crippen LogP contribution >= 0.6 is 0 Å². The molecule has 0 spiro atoms. The summed E-state index contributed by atoms with van der Waals surface area (Å²) in [5.41, 5.74) is 6.44. The second-order valence-electron chi connectivity index (χ2n) is 3.67. The molecule has 76 valence electrons. The highest BCUT2D eigenvalue weighted by Gasteiger charge is 2.23. The van der Waals surface area contributed by atoms with E-state index in [-0.39, 0.29) is 18.0 Å². The minimum absolute atomic E-state index is 0.133. The first-order valence-electron chi connectivity index (χ1n) is 4.89. The third-order valence-electron chi connectivity index (χ3n) is 2.58. The molecule has 2 atom stereocenters. The lowest BCUT2D eigenvalue weighted by molar-refractivity contribution is 0.00467. The van der Waals surface area contributed by atoms with Gasteiger partial charge in [0.05, 0.1) is 6.10 Å². The third-order valence-corrected chi connectivity index (χ3v) is 2.58. The van der Waals surface area contributed by atoms with Crippen LogP contribution in [0.15, 0.2) is 24.3 Å². The van der Waals surface area contributed by atoms with Crippen LogP contribution in [0.25, 0.3) is 0 Å². The van der Waals surface area contributed by atoms with Crippen LogP contribution in [0.4, 0.5) is 4.39 Å². The Hall–Kier alpha value is -0.930. The smallest absolute Gasteiger partial charge is 0.129 e. The van der Waals surface area contributed by atoms with Crippen LogP contribution in [0, 0.1) is 5.82 Å². The molecule has 0 aromatic heterocycles. The van der Waals surface area contributed by atoms with Gasteiger partial charge in [0, 0.05) is 18.2 Å². The molecule has 2 rings (SSSR count). The van der Waals surface area contributed by atoms with E-state index >= 15 is 0 Å². The first kappa shape index (κ1) is 9.62. The van der Waals surface area contributed by atoms with Gasteiger partial charge in [-0.25, -0.2) is 4.39 Å². The summed E-state index contributed by atoms with van der Waals surface area (Å²) in [5, 5.41) is 0. The molecule has 2 unspecified atom stereocenters. The molecule has 1 aliphatic rings. The Balaban J connectivity index is 2.18. The highest BCUT2D eigenvalue weighted by Crippen LogP contribution is 2.28. The van der Waals surface area contributed by atoms with Gasteiger partial charge in [0.25, 0.3) is 0 Å². The quantitative estimate of drug-likeness (QED) is 0.744. The number of halogens is 1. The summed E-state index contributed by atoms with van der Waals surface area (Å²) in [6, 6.07) is 6.86. The number of hydrogen-bond acceptors (Lipinski definition) is 2. The van der Waals surface area contributed by atoms with Gasteiger partial charge in [-0.15, -0.1) is 0 Å². The monoisotopic (exact) mass is 195 g/mol. The van der Waals surface area contributed by atoms with E-state index in [2.05, 4.69) is 0 Å². The third kappa shape index (κ3) is 1.94. The Bertz CT molecular complexity index is 316. The van der Waals surface area contributed by atoms with Crippen LogP contribution in [-0.4, -0.2) is 12.6 Å². The Morgan fingerprint density at radius 3 is 2.86 bits per heavy atom. The minimum atomic E-state index is -0.202. The van der Waals surface area contributed by atoms with E-state index in [1.54, 1.807) is 12.1 Å². The number of ether oxygens (including phenoxy) is 1. The van der Waals surface area contributed by atoms with Gasteiger partial charge in [-0.2, -0.15) is 0 Å². The van der Waals surface area contributed by atoms with Crippen molar-refractivity contribution in [3.05, 3.63) is 35.6 Å². The fourth-order valence-corrected chi connectivity index (χ4v) is 1.78. The Kier molecular flexibility index (Phi) is 2.79. The van der Waals surface area contributed by atoms with Gasteiger partial charge in [0.1, 0.15) is 5.82 Å². The molecule has 1 fully saturated rings. The van der Waals surface area contributed by atoms with Gasteiger partial charge in [-0.1, -0.05) is 18.2 Å². The summed E-state index contributed by atoms with van der Waals surface area (Å²) in [5.74, 6) is -0.202. The minimum Gasteiger partial charge on any atom is -0.373 e. The average molecular weight is 195 g/mol. The second kappa shape index (κ2) is 4.07. The van der Waals surface area contributed by atoms with E-state index in [4.69, 9.17) is 10.5 Å². The van der Waals surface area contributed by atoms with Crippen molar-refractivity contribution in [2.75, 3.05) is 6.61 Å². The number of hydrogen-bond donors (Lipinski definition) is 1. The maximum absolute atomic E-state index is 13.4. The predicted molar refractivity (Wildman–Crippen MR) is 52.3 cm³/mol. The Morgan fingerprint density at radius 2 is 2.14 bits per heavy atom. The van der Waals surface area contributed by atoms with E-state index in [0.717, 1.165) is 6.42 Å². The fraction of sp³-hybridized carbons (Fsp3) is 0.455. The Labute approximate surface area is 82.9 Å². The molecular formula is C11H14FNO. The van der Waals surface area contributed by atoms with Crippen molar-refractivity contribution in [1.82, 2.24) is 0 Å². The summed E-state index contributed by atoms with van der Waals surface area (Å²) >= 11 is 0. The van der Waals surface area contributed by atoms with Gasteiger partial charge < -0.3 is 10.5 Å². The van der Waals surface area contributed by atoms with Crippen LogP contribution in [0.1, 0.15) is 24.5 Å². The highest BCUT2D eigenvalue weighted by molar-refractivity contribution is 5.20. The lowest BCUT2D eigenvalue weighted by atomic mass is 9.98. The molecule has 0 radical (unpaired) electrons. The fourth-order valence-electron chi connectivity index (χ4n) is 1.78. The Morgan fingerprint density at radius 1 is 1.36 bits per heavy atom. The van der Waals surface area contributed by atoms with Gasteiger partial charge in [0.2, 0.25) is 0 Å². The van der Waals surface area contributed by atoms with Crippen molar-refractivity contribution in [1.29, 1.82) is 0 Å². The number of benzene rings is 1. The van der Waals surface area contributed by atoms with Crippen molar-refractivity contribution in [3.63, 3.8) is 0 Å². The van der Waals surface area contributed by atoms with E-state index in [0.29, 0.717) is 18.6 Å². The number of nitrogens with two attached hydrogens (primary N) is 1. The van der Waals surface area contributed by atoms with Gasteiger partial charge >= 0.3 is 0 Å². The summed E-state index contributed by atoms with van der Waals surface area (Å²) in [4.78, 5) is 0. The molecular weight excluding hydrogens is 181 g/mol. The molecule has 1 aromatic rings. The normalized spacial score (nSPS) is 27.6. The highest BCUT2D eigenvalue weighted by atomic mass is 19.1. The maximum Gasteiger partial charge on any atom is 0.129 e. The lowest BCUT2D eigenvalue weighted by Gasteiger charge is -2.27. The standard InChI is InChI=1S/C11H14FNO/c12-10-4-2-1-3-9(10)11-7-8(13)5-6-14-11/h1-4,8,11H,5-7,13H2. The lowest BCUT2D eigenvalue weighted by Crippen LogP contribution is -2.30. The largest absolute Gasteiger partial charge is 0.373 e. The van der Waals surface area contributed by atoms with Crippen molar-refractivity contribution in [3.8, 4) is 0 Å². The SMILES string of the molecule is NC1CCOC(c2ccccc2F)C1. The van der Waals surface area contributed by atoms with Crippen LogP contribution in [0.2, 0.25) is 0 Å². The van der Waals surface area contributed by atoms with E-state index in [1.807, 2.05) is 6.07 Å². The number of rotatable bonds is 1. The summed E-state index contributed by atoms with van der Waals surface area (Å²) < 4.78 is 18.9. The molecule has 2 nitrogen and oxygen atoms in total. The summed E-state index contributed by atoms with van der Waals surface area (Å²) in [6.07, 6.45) is 1.41.